The van der Waals surface area contributed by atoms with Gasteiger partial charge in [0.2, 0.25) is 15.9 Å². The number of piperidine rings is 1. The Hall–Kier alpha value is -1.18. The Morgan fingerprint density at radius 2 is 2.17 bits per heavy atom. The van der Waals surface area contributed by atoms with Gasteiger partial charge >= 0.3 is 0 Å². The maximum atomic E-state index is 13.8. The molecule has 1 saturated heterocycles. The summed E-state index contributed by atoms with van der Waals surface area (Å²) in [4.78, 5) is 14.2. The van der Waals surface area contributed by atoms with Crippen LogP contribution < -0.4 is 4.72 Å². The Morgan fingerprint density at radius 3 is 2.83 bits per heavy atom. The molecular weight excluding hydrogens is 343 g/mol. The lowest BCUT2D eigenvalue weighted by atomic mass is 10.0. The van der Waals surface area contributed by atoms with E-state index >= 15 is 0 Å². The third-order valence-electron chi connectivity index (χ3n) is 3.92. The number of halogens is 2. The lowest BCUT2D eigenvalue weighted by Crippen LogP contribution is -2.49. The third-order valence-corrected chi connectivity index (χ3v) is 4.96. The second-order valence-corrected chi connectivity index (χ2v) is 7.97. The van der Waals surface area contributed by atoms with Crippen LogP contribution >= 0.6 is 11.6 Å². The van der Waals surface area contributed by atoms with Crippen molar-refractivity contribution in [3.8, 4) is 0 Å². The van der Waals surface area contributed by atoms with Gasteiger partial charge in [-0.3, -0.25) is 4.79 Å². The molecular formula is C15H20ClFN2O3S. The molecule has 1 aliphatic heterocycles. The summed E-state index contributed by atoms with van der Waals surface area (Å²) < 4.78 is 38.8. The molecule has 0 aliphatic carbocycles. The fourth-order valence-electron chi connectivity index (χ4n) is 2.74. The Morgan fingerprint density at radius 1 is 1.43 bits per heavy atom. The molecule has 128 valence electrons. The smallest absolute Gasteiger partial charge is 0.227 e. The summed E-state index contributed by atoms with van der Waals surface area (Å²) in [5.41, 5.74) is 0.180. The Bertz CT molecular complexity index is 661. The Labute approximate surface area is 140 Å². The molecule has 0 bridgehead atoms. The first-order chi connectivity index (χ1) is 10.8. The average molecular weight is 363 g/mol. The first-order valence-electron chi connectivity index (χ1n) is 7.45. The maximum absolute atomic E-state index is 13.8. The van der Waals surface area contributed by atoms with E-state index in [9.17, 15) is 17.6 Å². The van der Waals surface area contributed by atoms with E-state index < -0.39 is 15.8 Å². The zero-order chi connectivity index (χ0) is 17.0. The van der Waals surface area contributed by atoms with E-state index in [1.807, 2.05) is 0 Å². The summed E-state index contributed by atoms with van der Waals surface area (Å²) >= 11 is 5.97. The number of sulfonamides is 1. The number of hydrogen-bond donors (Lipinski definition) is 1. The van der Waals surface area contributed by atoms with Crippen molar-refractivity contribution in [1.29, 1.82) is 0 Å². The van der Waals surface area contributed by atoms with Crippen molar-refractivity contribution in [2.75, 3.05) is 19.3 Å². The van der Waals surface area contributed by atoms with Gasteiger partial charge in [-0.05, 0) is 31.4 Å². The van der Waals surface area contributed by atoms with Gasteiger partial charge < -0.3 is 4.90 Å². The molecule has 1 fully saturated rings. The first-order valence-corrected chi connectivity index (χ1v) is 9.72. The van der Waals surface area contributed by atoms with Gasteiger partial charge in [-0.1, -0.05) is 17.7 Å². The second-order valence-electron chi connectivity index (χ2n) is 5.73. The highest BCUT2D eigenvalue weighted by molar-refractivity contribution is 7.88. The number of amides is 1. The van der Waals surface area contributed by atoms with Crippen molar-refractivity contribution in [2.45, 2.75) is 31.7 Å². The fraction of sp³-hybridized carbons (Fsp3) is 0.533. The Kier molecular flexibility index (Phi) is 6.00. The van der Waals surface area contributed by atoms with E-state index in [0.717, 1.165) is 25.5 Å². The zero-order valence-electron chi connectivity index (χ0n) is 12.9. The number of carbonyl (C=O) groups excluding carboxylic acids is 1. The van der Waals surface area contributed by atoms with Crippen LogP contribution in [-0.2, 0) is 21.2 Å². The number of benzene rings is 1. The molecule has 0 radical (unpaired) electrons. The molecule has 1 amide bonds. The van der Waals surface area contributed by atoms with Gasteiger partial charge in [0.25, 0.3) is 0 Å². The largest absolute Gasteiger partial charge is 0.338 e. The van der Waals surface area contributed by atoms with Crippen LogP contribution in [0.4, 0.5) is 4.39 Å². The second kappa shape index (κ2) is 7.59. The van der Waals surface area contributed by atoms with Crippen LogP contribution in [-0.4, -0.2) is 44.6 Å². The number of carbonyl (C=O) groups is 1. The molecule has 1 aromatic rings. The monoisotopic (exact) mass is 362 g/mol. The van der Waals surface area contributed by atoms with Gasteiger partial charge in [-0.25, -0.2) is 17.5 Å². The predicted molar refractivity (Wildman–Crippen MR) is 87.3 cm³/mol. The standard InChI is InChI=1S/C15H20ClFN2O3S/c1-23(21,22)18-10-11-5-2-3-8-19(11)15(20)9-12-13(16)6-4-7-14(12)17/h4,6-7,11,18H,2-3,5,8-10H2,1H3. The molecule has 1 atom stereocenters. The number of nitrogens with one attached hydrogen (secondary N) is 1. The molecule has 0 spiro atoms. The van der Waals surface area contributed by atoms with Crippen molar-refractivity contribution in [2.24, 2.45) is 0 Å². The summed E-state index contributed by atoms with van der Waals surface area (Å²) in [5.74, 6) is -0.745. The van der Waals surface area contributed by atoms with Crippen molar-refractivity contribution in [3.05, 3.63) is 34.6 Å². The van der Waals surface area contributed by atoms with Crippen LogP contribution in [0, 0.1) is 5.82 Å². The van der Waals surface area contributed by atoms with Gasteiger partial charge in [-0.2, -0.15) is 0 Å². The van der Waals surface area contributed by atoms with Crippen molar-refractivity contribution >= 4 is 27.5 Å². The predicted octanol–water partition coefficient (Wildman–Crippen LogP) is 1.95. The molecule has 8 heteroatoms. The number of rotatable bonds is 5. The van der Waals surface area contributed by atoms with E-state index in [-0.39, 0.29) is 35.5 Å². The lowest BCUT2D eigenvalue weighted by molar-refractivity contribution is -0.134. The van der Waals surface area contributed by atoms with Crippen LogP contribution in [0.5, 0.6) is 0 Å². The normalized spacial score (nSPS) is 18.9. The number of likely N-dealkylation sites (tertiary alicyclic amines) is 1. The summed E-state index contributed by atoms with van der Waals surface area (Å²) in [6.45, 7) is 0.719. The van der Waals surface area contributed by atoms with Crippen LogP contribution in [0.2, 0.25) is 5.02 Å². The van der Waals surface area contributed by atoms with Crippen molar-refractivity contribution in [1.82, 2.24) is 9.62 Å². The third kappa shape index (κ3) is 5.16. The highest BCUT2D eigenvalue weighted by atomic mass is 35.5. The number of nitrogens with zero attached hydrogens (tertiary/aromatic N) is 1. The first kappa shape index (κ1) is 18.2. The summed E-state index contributed by atoms with van der Waals surface area (Å²) in [6, 6.07) is 4.10. The van der Waals surface area contributed by atoms with Gasteiger partial charge in [0.1, 0.15) is 5.82 Å². The maximum Gasteiger partial charge on any atom is 0.227 e. The number of hydrogen-bond acceptors (Lipinski definition) is 3. The van der Waals surface area contributed by atoms with Gasteiger partial charge in [-0.15, -0.1) is 0 Å². The van der Waals surface area contributed by atoms with Crippen molar-refractivity contribution in [3.63, 3.8) is 0 Å². The highest BCUT2D eigenvalue weighted by Gasteiger charge is 2.28. The molecule has 1 aromatic carbocycles. The van der Waals surface area contributed by atoms with Gasteiger partial charge in [0, 0.05) is 29.7 Å². The van der Waals surface area contributed by atoms with E-state index in [2.05, 4.69) is 4.72 Å². The van der Waals surface area contributed by atoms with E-state index in [1.165, 1.54) is 12.1 Å². The molecule has 0 saturated carbocycles. The summed E-state index contributed by atoms with van der Waals surface area (Å²) in [7, 11) is -3.31. The fourth-order valence-corrected chi connectivity index (χ4v) is 3.47. The summed E-state index contributed by atoms with van der Waals surface area (Å²) in [6.07, 6.45) is 3.47. The topological polar surface area (TPSA) is 66.5 Å². The SMILES string of the molecule is CS(=O)(=O)NCC1CCCCN1C(=O)Cc1c(F)cccc1Cl. The summed E-state index contributed by atoms with van der Waals surface area (Å²) in [5, 5.41) is 0.223. The molecule has 1 heterocycles. The minimum Gasteiger partial charge on any atom is -0.338 e. The molecule has 1 N–H and O–H groups in total. The molecule has 1 aliphatic rings. The van der Waals surface area contributed by atoms with E-state index in [1.54, 1.807) is 11.0 Å². The Balaban J connectivity index is 2.09. The quantitative estimate of drug-likeness (QED) is 0.870. The minimum absolute atomic E-state index is 0.124. The molecule has 5 nitrogen and oxygen atoms in total. The minimum atomic E-state index is -3.31. The molecule has 1 unspecified atom stereocenters. The van der Waals surface area contributed by atoms with Gasteiger partial charge in [0.15, 0.2) is 0 Å². The lowest BCUT2D eigenvalue weighted by Gasteiger charge is -2.36. The van der Waals surface area contributed by atoms with E-state index in [0.29, 0.717) is 6.54 Å². The van der Waals surface area contributed by atoms with E-state index in [4.69, 9.17) is 11.6 Å². The van der Waals surface area contributed by atoms with Crippen LogP contribution in [0.1, 0.15) is 24.8 Å². The molecule has 2 rings (SSSR count). The zero-order valence-corrected chi connectivity index (χ0v) is 14.5. The average Bonchev–Trinajstić information content (AvgIpc) is 2.48. The van der Waals surface area contributed by atoms with Crippen LogP contribution in [0.15, 0.2) is 18.2 Å². The van der Waals surface area contributed by atoms with Crippen LogP contribution in [0.25, 0.3) is 0 Å². The molecule has 0 aromatic heterocycles. The highest BCUT2D eigenvalue weighted by Crippen LogP contribution is 2.23. The van der Waals surface area contributed by atoms with Crippen LogP contribution in [0.3, 0.4) is 0 Å². The molecule has 23 heavy (non-hydrogen) atoms. The van der Waals surface area contributed by atoms with Crippen molar-refractivity contribution < 1.29 is 17.6 Å². The van der Waals surface area contributed by atoms with Gasteiger partial charge in [0.05, 0.1) is 12.7 Å².